The van der Waals surface area contributed by atoms with Gasteiger partial charge in [0.05, 0.1) is 19.2 Å². The van der Waals surface area contributed by atoms with Gasteiger partial charge in [0.2, 0.25) is 0 Å². The molecule has 0 aromatic carbocycles. The molecule has 19 heavy (non-hydrogen) atoms. The molecule has 2 rings (SSSR count). The van der Waals surface area contributed by atoms with Crippen molar-refractivity contribution < 1.29 is 23.8 Å². The monoisotopic (exact) mass is 268 g/mol. The van der Waals surface area contributed by atoms with Crippen molar-refractivity contribution in [3.63, 3.8) is 0 Å². The number of ether oxygens (including phenoxy) is 1. The van der Waals surface area contributed by atoms with E-state index in [1.807, 2.05) is 0 Å². The molecule has 1 unspecified atom stereocenters. The van der Waals surface area contributed by atoms with Gasteiger partial charge in [-0.05, 0) is 19.4 Å². The Labute approximate surface area is 109 Å². The third kappa shape index (κ3) is 3.47. The van der Waals surface area contributed by atoms with Gasteiger partial charge in [-0.1, -0.05) is 0 Å². The van der Waals surface area contributed by atoms with Gasteiger partial charge in [-0.3, -0.25) is 0 Å². The SMILES string of the molecule is Cc1oc(CNC(=O)NC2CCOC2)cc1C(=O)O. The van der Waals surface area contributed by atoms with Crippen molar-refractivity contribution in [3.8, 4) is 0 Å². The van der Waals surface area contributed by atoms with Gasteiger partial charge in [-0.2, -0.15) is 0 Å². The van der Waals surface area contributed by atoms with Crippen molar-refractivity contribution >= 4 is 12.0 Å². The quantitative estimate of drug-likeness (QED) is 0.752. The van der Waals surface area contributed by atoms with Crippen LogP contribution in [-0.4, -0.2) is 36.4 Å². The fourth-order valence-corrected chi connectivity index (χ4v) is 1.90. The Kier molecular flexibility index (Phi) is 4.06. The molecule has 2 heterocycles. The first-order valence-corrected chi connectivity index (χ1v) is 6.01. The maximum Gasteiger partial charge on any atom is 0.339 e. The number of carboxylic acid groups (broad SMARTS) is 1. The van der Waals surface area contributed by atoms with E-state index in [0.717, 1.165) is 6.42 Å². The summed E-state index contributed by atoms with van der Waals surface area (Å²) in [4.78, 5) is 22.4. The maximum absolute atomic E-state index is 11.6. The smallest absolute Gasteiger partial charge is 0.339 e. The molecule has 0 saturated carbocycles. The summed E-state index contributed by atoms with van der Waals surface area (Å²) >= 11 is 0. The van der Waals surface area contributed by atoms with Crippen LogP contribution in [0.1, 0.15) is 28.3 Å². The molecule has 1 aliphatic heterocycles. The molecule has 1 atom stereocenters. The van der Waals surface area contributed by atoms with Crippen LogP contribution in [0.5, 0.6) is 0 Å². The van der Waals surface area contributed by atoms with E-state index in [0.29, 0.717) is 24.7 Å². The van der Waals surface area contributed by atoms with Crippen LogP contribution in [0.4, 0.5) is 4.79 Å². The van der Waals surface area contributed by atoms with Gasteiger partial charge >= 0.3 is 12.0 Å². The Hall–Kier alpha value is -2.02. The van der Waals surface area contributed by atoms with Gasteiger partial charge in [0, 0.05) is 6.61 Å². The van der Waals surface area contributed by atoms with Gasteiger partial charge in [-0.25, -0.2) is 9.59 Å². The van der Waals surface area contributed by atoms with E-state index >= 15 is 0 Å². The lowest BCUT2D eigenvalue weighted by atomic mass is 10.2. The number of urea groups is 1. The molecule has 7 nitrogen and oxygen atoms in total. The summed E-state index contributed by atoms with van der Waals surface area (Å²) in [6.07, 6.45) is 0.802. The molecule has 0 spiro atoms. The minimum absolute atomic E-state index is 0.0351. The largest absolute Gasteiger partial charge is 0.478 e. The maximum atomic E-state index is 11.6. The first kappa shape index (κ1) is 13.4. The Morgan fingerprint density at radius 2 is 2.32 bits per heavy atom. The number of carbonyl (C=O) groups is 2. The fourth-order valence-electron chi connectivity index (χ4n) is 1.90. The highest BCUT2D eigenvalue weighted by molar-refractivity contribution is 5.88. The van der Waals surface area contributed by atoms with Crippen LogP contribution in [0.15, 0.2) is 10.5 Å². The summed E-state index contributed by atoms with van der Waals surface area (Å²) in [7, 11) is 0. The van der Waals surface area contributed by atoms with Crippen molar-refractivity contribution in [1.82, 2.24) is 10.6 Å². The Morgan fingerprint density at radius 1 is 1.53 bits per heavy atom. The molecule has 7 heteroatoms. The third-order valence-corrected chi connectivity index (χ3v) is 2.89. The molecular weight excluding hydrogens is 252 g/mol. The number of amides is 2. The summed E-state index contributed by atoms with van der Waals surface area (Å²) in [6.45, 7) is 2.90. The highest BCUT2D eigenvalue weighted by Crippen LogP contribution is 2.14. The summed E-state index contributed by atoms with van der Waals surface area (Å²) < 4.78 is 10.4. The first-order valence-electron chi connectivity index (χ1n) is 6.01. The van der Waals surface area contributed by atoms with E-state index in [9.17, 15) is 9.59 Å². The van der Waals surface area contributed by atoms with Crippen molar-refractivity contribution in [1.29, 1.82) is 0 Å². The van der Waals surface area contributed by atoms with Crippen LogP contribution >= 0.6 is 0 Å². The molecular formula is C12H16N2O5. The van der Waals surface area contributed by atoms with E-state index in [-0.39, 0.29) is 24.2 Å². The standard InChI is InChI=1S/C12H16N2O5/c1-7-10(11(15)16)4-9(19-7)5-13-12(17)14-8-2-3-18-6-8/h4,8H,2-3,5-6H2,1H3,(H,15,16)(H2,13,14,17). The number of hydrogen-bond donors (Lipinski definition) is 3. The fraction of sp³-hybridized carbons (Fsp3) is 0.500. The second-order valence-corrected chi connectivity index (χ2v) is 4.38. The van der Waals surface area contributed by atoms with Crippen LogP contribution in [-0.2, 0) is 11.3 Å². The number of hydrogen-bond acceptors (Lipinski definition) is 4. The van der Waals surface area contributed by atoms with Gasteiger partial charge in [0.1, 0.15) is 17.1 Å². The highest BCUT2D eigenvalue weighted by atomic mass is 16.5. The molecule has 1 fully saturated rings. The Balaban J connectivity index is 1.82. The van der Waals surface area contributed by atoms with Crippen LogP contribution in [0, 0.1) is 6.92 Å². The summed E-state index contributed by atoms with van der Waals surface area (Å²) in [5.74, 6) is -0.304. The predicted molar refractivity (Wildman–Crippen MR) is 65.0 cm³/mol. The predicted octanol–water partition coefficient (Wildman–Crippen LogP) is 0.874. The molecule has 3 N–H and O–H groups in total. The van der Waals surface area contributed by atoms with E-state index in [2.05, 4.69) is 10.6 Å². The van der Waals surface area contributed by atoms with Gasteiger partial charge in [0.15, 0.2) is 0 Å². The van der Waals surface area contributed by atoms with Crippen LogP contribution in [0.25, 0.3) is 0 Å². The first-order chi connectivity index (χ1) is 9.06. The third-order valence-electron chi connectivity index (χ3n) is 2.89. The van der Waals surface area contributed by atoms with Gasteiger partial charge in [-0.15, -0.1) is 0 Å². The minimum atomic E-state index is -1.04. The zero-order valence-corrected chi connectivity index (χ0v) is 10.6. The zero-order chi connectivity index (χ0) is 13.8. The lowest BCUT2D eigenvalue weighted by Crippen LogP contribution is -2.41. The summed E-state index contributed by atoms with van der Waals surface area (Å²) in [5, 5.41) is 14.2. The second-order valence-electron chi connectivity index (χ2n) is 4.38. The second kappa shape index (κ2) is 5.75. The number of carboxylic acids is 1. The molecule has 104 valence electrons. The lowest BCUT2D eigenvalue weighted by molar-refractivity contribution is 0.0695. The molecule has 0 radical (unpaired) electrons. The Bertz CT molecular complexity index is 476. The molecule has 1 aromatic heterocycles. The highest BCUT2D eigenvalue weighted by Gasteiger charge is 2.18. The number of aromatic carboxylic acids is 1. The topological polar surface area (TPSA) is 101 Å². The minimum Gasteiger partial charge on any atom is -0.478 e. The zero-order valence-electron chi connectivity index (χ0n) is 10.6. The molecule has 1 aliphatic rings. The van der Waals surface area contributed by atoms with E-state index in [4.69, 9.17) is 14.3 Å². The molecule has 1 saturated heterocycles. The number of aryl methyl sites for hydroxylation is 1. The summed E-state index contributed by atoms with van der Waals surface area (Å²) in [5.41, 5.74) is 0.112. The van der Waals surface area contributed by atoms with Crippen LogP contribution < -0.4 is 10.6 Å². The van der Waals surface area contributed by atoms with Crippen molar-refractivity contribution in [2.75, 3.05) is 13.2 Å². The number of nitrogens with one attached hydrogen (secondary N) is 2. The normalized spacial score (nSPS) is 18.3. The van der Waals surface area contributed by atoms with Gasteiger partial charge < -0.3 is 24.9 Å². The van der Waals surface area contributed by atoms with Crippen LogP contribution in [0.3, 0.4) is 0 Å². The lowest BCUT2D eigenvalue weighted by Gasteiger charge is -2.10. The van der Waals surface area contributed by atoms with Crippen molar-refractivity contribution in [3.05, 3.63) is 23.2 Å². The summed E-state index contributed by atoms with van der Waals surface area (Å²) in [6, 6.07) is 1.13. The Morgan fingerprint density at radius 3 is 2.89 bits per heavy atom. The van der Waals surface area contributed by atoms with E-state index in [1.54, 1.807) is 6.92 Å². The number of carbonyl (C=O) groups excluding carboxylic acids is 1. The van der Waals surface area contributed by atoms with Gasteiger partial charge in [0.25, 0.3) is 0 Å². The van der Waals surface area contributed by atoms with E-state index in [1.165, 1.54) is 6.07 Å². The van der Waals surface area contributed by atoms with Crippen molar-refractivity contribution in [2.24, 2.45) is 0 Å². The van der Waals surface area contributed by atoms with Crippen molar-refractivity contribution in [2.45, 2.75) is 25.9 Å². The molecule has 1 aromatic rings. The molecule has 0 aliphatic carbocycles. The van der Waals surface area contributed by atoms with E-state index < -0.39 is 5.97 Å². The number of rotatable bonds is 4. The number of furan rings is 1. The molecule has 2 amide bonds. The average Bonchev–Trinajstić information content (AvgIpc) is 2.96. The molecule has 0 bridgehead atoms. The van der Waals surface area contributed by atoms with Crippen LogP contribution in [0.2, 0.25) is 0 Å². The average molecular weight is 268 g/mol.